The molecular weight excluding hydrogens is 410 g/mol. The Morgan fingerprint density at radius 2 is 1.81 bits per heavy atom. The summed E-state index contributed by atoms with van der Waals surface area (Å²) < 4.78 is 6.10. The van der Waals surface area contributed by atoms with E-state index in [1.807, 2.05) is 33.3 Å². The highest BCUT2D eigenvalue weighted by Crippen LogP contribution is 2.30. The van der Waals surface area contributed by atoms with Gasteiger partial charge in [0.25, 0.3) is 0 Å². The van der Waals surface area contributed by atoms with Crippen molar-refractivity contribution < 1.29 is 4.74 Å². The lowest BCUT2D eigenvalue weighted by atomic mass is 10.1. The quantitative estimate of drug-likeness (QED) is 0.452. The molecule has 0 saturated heterocycles. The Balaban J connectivity index is 1.72. The summed E-state index contributed by atoms with van der Waals surface area (Å²) in [5.74, 6) is 0.660. The van der Waals surface area contributed by atoms with E-state index < -0.39 is 0 Å². The number of aromatic nitrogens is 5. The van der Waals surface area contributed by atoms with Crippen LogP contribution >= 0.6 is 11.3 Å². The highest BCUT2D eigenvalue weighted by molar-refractivity contribution is 7.18. The Morgan fingerprint density at radius 3 is 2.45 bits per heavy atom. The largest absolute Gasteiger partial charge is 0.460 e. The van der Waals surface area contributed by atoms with Gasteiger partial charge in [0.15, 0.2) is 10.9 Å². The Labute approximate surface area is 188 Å². The van der Waals surface area contributed by atoms with Crippen molar-refractivity contribution in [3.63, 3.8) is 0 Å². The van der Waals surface area contributed by atoms with Gasteiger partial charge in [-0.1, -0.05) is 38.0 Å². The van der Waals surface area contributed by atoms with Crippen LogP contribution in [-0.2, 0) is 6.54 Å². The minimum Gasteiger partial charge on any atom is -0.460 e. The minimum absolute atomic E-state index is 0.150. The molecule has 9 heteroatoms. The van der Waals surface area contributed by atoms with Crippen molar-refractivity contribution in [2.24, 2.45) is 0 Å². The lowest BCUT2D eigenvalue weighted by Gasteiger charge is -2.16. The average Bonchev–Trinajstić information content (AvgIpc) is 3.18. The van der Waals surface area contributed by atoms with E-state index in [1.54, 1.807) is 12.4 Å². The molecule has 0 aliphatic carbocycles. The van der Waals surface area contributed by atoms with E-state index in [0.717, 1.165) is 59.3 Å². The standard InChI is InChI=1S/C22H31N7OS/c1-6-8-17(9-7-2)30-21-26-15(3)10-18(27-21)19-12-25-22(31-19)28-20-13-23-16(11-24-20)14-29(4)5/h10-13,17H,6-9,14H2,1-5H3,(H,24,25,28). The molecule has 0 aliphatic rings. The summed E-state index contributed by atoms with van der Waals surface area (Å²) in [6.45, 7) is 7.04. The summed E-state index contributed by atoms with van der Waals surface area (Å²) in [4.78, 5) is 25.4. The van der Waals surface area contributed by atoms with Crippen LogP contribution in [0.2, 0.25) is 0 Å². The van der Waals surface area contributed by atoms with E-state index in [-0.39, 0.29) is 6.10 Å². The molecule has 3 rings (SSSR count). The average molecular weight is 442 g/mol. The van der Waals surface area contributed by atoms with Gasteiger partial charge < -0.3 is 15.0 Å². The molecule has 31 heavy (non-hydrogen) atoms. The first kappa shape index (κ1) is 23.0. The number of nitrogens with one attached hydrogen (secondary N) is 1. The van der Waals surface area contributed by atoms with E-state index in [4.69, 9.17) is 4.74 Å². The van der Waals surface area contributed by atoms with Gasteiger partial charge in [0.1, 0.15) is 6.10 Å². The lowest BCUT2D eigenvalue weighted by molar-refractivity contribution is 0.163. The van der Waals surface area contributed by atoms with Crippen LogP contribution in [0.4, 0.5) is 10.9 Å². The second-order valence-electron chi connectivity index (χ2n) is 7.78. The molecule has 0 spiro atoms. The fourth-order valence-electron chi connectivity index (χ4n) is 3.16. The summed E-state index contributed by atoms with van der Waals surface area (Å²) in [6, 6.07) is 2.39. The van der Waals surface area contributed by atoms with Gasteiger partial charge in [0.2, 0.25) is 0 Å². The smallest absolute Gasteiger partial charge is 0.317 e. The maximum atomic E-state index is 6.10. The number of anilines is 2. The van der Waals surface area contributed by atoms with Gasteiger partial charge in [-0.2, -0.15) is 4.98 Å². The van der Waals surface area contributed by atoms with Gasteiger partial charge in [-0.25, -0.2) is 15.0 Å². The highest BCUT2D eigenvalue weighted by atomic mass is 32.1. The molecule has 0 atom stereocenters. The van der Waals surface area contributed by atoms with Crippen LogP contribution in [0.15, 0.2) is 24.7 Å². The Morgan fingerprint density at radius 1 is 1.03 bits per heavy atom. The van der Waals surface area contributed by atoms with Gasteiger partial charge in [0.05, 0.1) is 28.7 Å². The number of nitrogens with zero attached hydrogens (tertiary/aromatic N) is 6. The SMILES string of the molecule is CCCC(CCC)Oc1nc(C)cc(-c2cnc(Nc3cnc(CN(C)C)cn3)s2)n1. The zero-order valence-corrected chi connectivity index (χ0v) is 19.7. The number of rotatable bonds is 11. The summed E-state index contributed by atoms with van der Waals surface area (Å²) in [6.07, 6.45) is 9.62. The Hall–Kier alpha value is -2.65. The molecule has 166 valence electrons. The summed E-state index contributed by atoms with van der Waals surface area (Å²) >= 11 is 1.51. The van der Waals surface area contributed by atoms with Crippen molar-refractivity contribution >= 4 is 22.3 Å². The van der Waals surface area contributed by atoms with E-state index >= 15 is 0 Å². The molecular formula is C22H31N7OS. The molecule has 0 unspecified atom stereocenters. The predicted octanol–water partition coefficient (Wildman–Crippen LogP) is 4.85. The third-order valence-electron chi connectivity index (χ3n) is 4.50. The molecule has 3 aromatic heterocycles. The zero-order valence-electron chi connectivity index (χ0n) is 18.9. The monoisotopic (exact) mass is 441 g/mol. The number of thiazole rings is 1. The summed E-state index contributed by atoms with van der Waals surface area (Å²) in [5.41, 5.74) is 2.60. The van der Waals surface area contributed by atoms with E-state index in [1.165, 1.54) is 11.3 Å². The number of ether oxygens (including phenoxy) is 1. The first-order valence-corrected chi connectivity index (χ1v) is 11.5. The van der Waals surface area contributed by atoms with E-state index in [9.17, 15) is 0 Å². The van der Waals surface area contributed by atoms with Gasteiger partial charge >= 0.3 is 6.01 Å². The number of aryl methyl sites for hydroxylation is 1. The molecule has 8 nitrogen and oxygen atoms in total. The van der Waals surface area contributed by atoms with Crippen molar-refractivity contribution in [2.75, 3.05) is 19.4 Å². The fraction of sp³-hybridized carbons (Fsp3) is 0.500. The molecule has 0 radical (unpaired) electrons. The highest BCUT2D eigenvalue weighted by Gasteiger charge is 2.14. The van der Waals surface area contributed by atoms with Crippen LogP contribution in [-0.4, -0.2) is 50.0 Å². The topological polar surface area (TPSA) is 89.0 Å². The predicted molar refractivity (Wildman–Crippen MR) is 125 cm³/mol. The second-order valence-corrected chi connectivity index (χ2v) is 8.81. The Kier molecular flexibility index (Phi) is 8.25. The maximum Gasteiger partial charge on any atom is 0.317 e. The molecule has 0 fully saturated rings. The summed E-state index contributed by atoms with van der Waals surface area (Å²) in [7, 11) is 4.01. The van der Waals surface area contributed by atoms with E-state index in [0.29, 0.717) is 11.8 Å². The normalized spacial score (nSPS) is 11.3. The van der Waals surface area contributed by atoms with Crippen molar-refractivity contribution in [1.82, 2.24) is 29.8 Å². The van der Waals surface area contributed by atoms with E-state index in [2.05, 4.69) is 49.0 Å². The second kappa shape index (κ2) is 11.1. The van der Waals surface area contributed by atoms with Crippen LogP contribution < -0.4 is 10.1 Å². The van der Waals surface area contributed by atoms with Gasteiger partial charge in [-0.3, -0.25) is 4.98 Å². The Bertz CT molecular complexity index is 953. The zero-order chi connectivity index (χ0) is 22.2. The van der Waals surface area contributed by atoms with Gasteiger partial charge in [0, 0.05) is 18.4 Å². The van der Waals surface area contributed by atoms with Crippen LogP contribution in [0.5, 0.6) is 6.01 Å². The van der Waals surface area contributed by atoms with Crippen LogP contribution in [0.3, 0.4) is 0 Å². The fourth-order valence-corrected chi connectivity index (χ4v) is 3.94. The molecule has 3 aromatic rings. The number of hydrogen-bond donors (Lipinski definition) is 1. The molecule has 1 N–H and O–H groups in total. The molecule has 3 heterocycles. The third kappa shape index (κ3) is 6.93. The lowest BCUT2D eigenvalue weighted by Crippen LogP contribution is -2.17. The van der Waals surface area contributed by atoms with Crippen molar-refractivity contribution in [2.45, 2.75) is 59.1 Å². The van der Waals surface area contributed by atoms with Crippen LogP contribution in [0, 0.1) is 6.92 Å². The molecule has 0 saturated carbocycles. The first-order valence-electron chi connectivity index (χ1n) is 10.7. The maximum absolute atomic E-state index is 6.10. The van der Waals surface area contributed by atoms with Crippen molar-refractivity contribution in [3.8, 4) is 16.6 Å². The van der Waals surface area contributed by atoms with Crippen LogP contribution in [0.25, 0.3) is 10.6 Å². The number of hydrogen-bond acceptors (Lipinski definition) is 9. The van der Waals surface area contributed by atoms with Gasteiger partial charge in [-0.05, 0) is 39.9 Å². The molecule has 0 aliphatic heterocycles. The van der Waals surface area contributed by atoms with Crippen LogP contribution in [0.1, 0.15) is 50.9 Å². The summed E-state index contributed by atoms with van der Waals surface area (Å²) in [5, 5.41) is 3.95. The van der Waals surface area contributed by atoms with Crippen molar-refractivity contribution in [3.05, 3.63) is 36.0 Å². The first-order chi connectivity index (χ1) is 15.0. The molecule has 0 amide bonds. The van der Waals surface area contributed by atoms with Gasteiger partial charge in [-0.15, -0.1) is 0 Å². The molecule has 0 aromatic carbocycles. The van der Waals surface area contributed by atoms with Crippen molar-refractivity contribution in [1.29, 1.82) is 0 Å². The third-order valence-corrected chi connectivity index (χ3v) is 5.44. The molecule has 0 bridgehead atoms. The minimum atomic E-state index is 0.150.